The highest BCUT2D eigenvalue weighted by molar-refractivity contribution is 4.77. The van der Waals surface area contributed by atoms with Gasteiger partial charge in [-0.15, -0.1) is 0 Å². The first-order chi connectivity index (χ1) is 6.77. The van der Waals surface area contributed by atoms with Crippen molar-refractivity contribution in [1.82, 2.24) is 10.2 Å². The van der Waals surface area contributed by atoms with Crippen molar-refractivity contribution < 1.29 is 0 Å². The minimum atomic E-state index is 0.865. The zero-order valence-corrected chi connectivity index (χ0v) is 10.1. The minimum absolute atomic E-state index is 0.865. The Kier molecular flexibility index (Phi) is 5.49. The van der Waals surface area contributed by atoms with Gasteiger partial charge < -0.3 is 5.32 Å². The summed E-state index contributed by atoms with van der Waals surface area (Å²) in [6.45, 7) is 8.22. The molecule has 1 N–H and O–H groups in total. The van der Waals surface area contributed by atoms with Crippen molar-refractivity contribution in [3.8, 4) is 0 Å². The van der Waals surface area contributed by atoms with E-state index in [9.17, 15) is 0 Å². The van der Waals surface area contributed by atoms with E-state index in [2.05, 4.69) is 24.1 Å². The van der Waals surface area contributed by atoms with Gasteiger partial charge in [0.05, 0.1) is 0 Å². The molecule has 2 nitrogen and oxygen atoms in total. The maximum absolute atomic E-state index is 3.24. The van der Waals surface area contributed by atoms with Gasteiger partial charge in [-0.2, -0.15) is 0 Å². The van der Waals surface area contributed by atoms with Crippen LogP contribution in [-0.2, 0) is 0 Å². The molecule has 0 heterocycles. The molecule has 0 spiro atoms. The summed E-state index contributed by atoms with van der Waals surface area (Å²) in [6, 6.07) is 0.865. The van der Waals surface area contributed by atoms with E-state index < -0.39 is 0 Å². The van der Waals surface area contributed by atoms with Crippen molar-refractivity contribution in [2.75, 3.05) is 26.7 Å². The van der Waals surface area contributed by atoms with Crippen molar-refractivity contribution >= 4 is 0 Å². The third kappa shape index (κ3) is 3.58. The van der Waals surface area contributed by atoms with Gasteiger partial charge in [0.25, 0.3) is 0 Å². The summed E-state index contributed by atoms with van der Waals surface area (Å²) in [6.07, 6.45) is 5.69. The van der Waals surface area contributed by atoms with Crippen molar-refractivity contribution in [2.45, 2.75) is 45.6 Å². The number of rotatable bonds is 5. The Morgan fingerprint density at radius 1 is 1.21 bits per heavy atom. The van der Waals surface area contributed by atoms with Crippen LogP contribution >= 0.6 is 0 Å². The predicted molar refractivity (Wildman–Crippen MR) is 62.6 cm³/mol. The largest absolute Gasteiger partial charge is 0.318 e. The molecule has 0 unspecified atom stereocenters. The average molecular weight is 198 g/mol. The standard InChI is InChI=1S/C12H26N2/c1-4-14(10-9-13-3)12-7-5-11(2)6-8-12/h11-13H,4-10H2,1-3H3. The summed E-state index contributed by atoms with van der Waals surface area (Å²) < 4.78 is 0. The van der Waals surface area contributed by atoms with Gasteiger partial charge in [0, 0.05) is 19.1 Å². The van der Waals surface area contributed by atoms with E-state index in [0.29, 0.717) is 0 Å². The highest BCUT2D eigenvalue weighted by atomic mass is 15.2. The third-order valence-electron chi connectivity index (χ3n) is 3.56. The summed E-state index contributed by atoms with van der Waals surface area (Å²) in [5, 5.41) is 3.24. The molecular weight excluding hydrogens is 172 g/mol. The van der Waals surface area contributed by atoms with Crippen molar-refractivity contribution in [2.24, 2.45) is 5.92 Å². The molecule has 2 heteroatoms. The SMILES string of the molecule is CCN(CCNC)C1CCC(C)CC1. The minimum Gasteiger partial charge on any atom is -0.318 e. The van der Waals surface area contributed by atoms with Crippen LogP contribution in [0.15, 0.2) is 0 Å². The summed E-state index contributed by atoms with van der Waals surface area (Å²) in [5.74, 6) is 0.967. The Morgan fingerprint density at radius 2 is 1.86 bits per heavy atom. The molecule has 0 atom stereocenters. The maximum atomic E-state index is 3.24. The predicted octanol–water partition coefficient (Wildman–Crippen LogP) is 2.11. The maximum Gasteiger partial charge on any atom is 0.0110 e. The molecule has 0 aromatic heterocycles. The molecule has 0 aromatic rings. The first-order valence-corrected chi connectivity index (χ1v) is 6.16. The summed E-state index contributed by atoms with van der Waals surface area (Å²) in [4.78, 5) is 2.64. The monoisotopic (exact) mass is 198 g/mol. The lowest BCUT2D eigenvalue weighted by Gasteiger charge is -2.35. The fraction of sp³-hybridized carbons (Fsp3) is 1.00. The first kappa shape index (κ1) is 12.0. The van der Waals surface area contributed by atoms with Crippen LogP contribution in [0.25, 0.3) is 0 Å². The molecule has 0 bridgehead atoms. The highest BCUT2D eigenvalue weighted by Gasteiger charge is 2.22. The summed E-state index contributed by atoms with van der Waals surface area (Å²) in [5.41, 5.74) is 0. The molecular formula is C12H26N2. The van der Waals surface area contributed by atoms with Crippen molar-refractivity contribution in [1.29, 1.82) is 0 Å². The normalized spacial score (nSPS) is 28.3. The second kappa shape index (κ2) is 6.41. The lowest BCUT2D eigenvalue weighted by Crippen LogP contribution is -2.41. The van der Waals surface area contributed by atoms with Gasteiger partial charge in [0.15, 0.2) is 0 Å². The van der Waals surface area contributed by atoms with Crippen LogP contribution < -0.4 is 5.32 Å². The zero-order chi connectivity index (χ0) is 10.4. The van der Waals surface area contributed by atoms with Gasteiger partial charge in [-0.25, -0.2) is 0 Å². The van der Waals surface area contributed by atoms with Crippen LogP contribution in [0.4, 0.5) is 0 Å². The fourth-order valence-corrected chi connectivity index (χ4v) is 2.46. The van der Waals surface area contributed by atoms with Gasteiger partial charge in [-0.05, 0) is 45.2 Å². The summed E-state index contributed by atoms with van der Waals surface area (Å²) >= 11 is 0. The summed E-state index contributed by atoms with van der Waals surface area (Å²) in [7, 11) is 2.04. The first-order valence-electron chi connectivity index (χ1n) is 6.16. The van der Waals surface area contributed by atoms with Gasteiger partial charge in [0.2, 0.25) is 0 Å². The van der Waals surface area contributed by atoms with Gasteiger partial charge in [-0.1, -0.05) is 13.8 Å². The van der Waals surface area contributed by atoms with E-state index >= 15 is 0 Å². The number of likely N-dealkylation sites (N-methyl/N-ethyl adjacent to an activating group) is 2. The smallest absolute Gasteiger partial charge is 0.0110 e. The Balaban J connectivity index is 2.29. The second-order valence-corrected chi connectivity index (χ2v) is 4.65. The Labute approximate surface area is 89.1 Å². The van der Waals surface area contributed by atoms with Crippen LogP contribution in [0.3, 0.4) is 0 Å². The molecule has 1 aliphatic rings. The molecule has 84 valence electrons. The van der Waals surface area contributed by atoms with E-state index in [-0.39, 0.29) is 0 Å². The quantitative estimate of drug-likeness (QED) is 0.728. The van der Waals surface area contributed by atoms with Crippen molar-refractivity contribution in [3.05, 3.63) is 0 Å². The molecule has 0 aliphatic heterocycles. The molecule has 14 heavy (non-hydrogen) atoms. The molecule has 1 saturated carbocycles. The van der Waals surface area contributed by atoms with Crippen LogP contribution in [0, 0.1) is 5.92 Å². The second-order valence-electron chi connectivity index (χ2n) is 4.65. The number of nitrogens with zero attached hydrogens (tertiary/aromatic N) is 1. The van der Waals surface area contributed by atoms with Gasteiger partial charge in [0.1, 0.15) is 0 Å². The number of hydrogen-bond donors (Lipinski definition) is 1. The zero-order valence-electron chi connectivity index (χ0n) is 10.1. The molecule has 1 rings (SSSR count). The number of hydrogen-bond acceptors (Lipinski definition) is 2. The Morgan fingerprint density at radius 3 is 2.36 bits per heavy atom. The number of nitrogens with one attached hydrogen (secondary N) is 1. The van der Waals surface area contributed by atoms with Crippen LogP contribution in [0.2, 0.25) is 0 Å². The van der Waals surface area contributed by atoms with E-state index in [1.165, 1.54) is 38.8 Å². The Bertz CT molecular complexity index is 137. The van der Waals surface area contributed by atoms with Crippen LogP contribution in [-0.4, -0.2) is 37.6 Å². The molecule has 1 aliphatic carbocycles. The topological polar surface area (TPSA) is 15.3 Å². The highest BCUT2D eigenvalue weighted by Crippen LogP contribution is 2.26. The van der Waals surface area contributed by atoms with Crippen molar-refractivity contribution in [3.63, 3.8) is 0 Å². The molecule has 0 aromatic carbocycles. The fourth-order valence-electron chi connectivity index (χ4n) is 2.46. The third-order valence-corrected chi connectivity index (χ3v) is 3.56. The van der Waals surface area contributed by atoms with E-state index in [1.54, 1.807) is 0 Å². The molecule has 0 saturated heterocycles. The molecule has 0 amide bonds. The van der Waals surface area contributed by atoms with Gasteiger partial charge >= 0.3 is 0 Å². The molecule has 0 radical (unpaired) electrons. The van der Waals surface area contributed by atoms with E-state index in [1.807, 2.05) is 7.05 Å². The van der Waals surface area contributed by atoms with Crippen LogP contribution in [0.1, 0.15) is 39.5 Å². The molecule has 1 fully saturated rings. The lowest BCUT2D eigenvalue weighted by atomic mass is 9.86. The average Bonchev–Trinajstić information content (AvgIpc) is 2.21. The van der Waals surface area contributed by atoms with E-state index in [0.717, 1.165) is 18.5 Å². The Hall–Kier alpha value is -0.0800. The lowest BCUT2D eigenvalue weighted by molar-refractivity contribution is 0.148. The van der Waals surface area contributed by atoms with E-state index in [4.69, 9.17) is 0 Å². The van der Waals surface area contributed by atoms with Crippen LogP contribution in [0.5, 0.6) is 0 Å². The van der Waals surface area contributed by atoms with Gasteiger partial charge in [-0.3, -0.25) is 4.90 Å².